The van der Waals surface area contributed by atoms with Crippen molar-refractivity contribution in [3.8, 4) is 5.75 Å². The van der Waals surface area contributed by atoms with Gasteiger partial charge in [0.2, 0.25) is 11.8 Å². The minimum Gasteiger partial charge on any atom is -0.497 e. The van der Waals surface area contributed by atoms with E-state index in [4.69, 9.17) is 16.3 Å². The zero-order chi connectivity index (χ0) is 27.9. The fraction of sp³-hybridized carbons (Fsp3) is 0.286. The van der Waals surface area contributed by atoms with Crippen LogP contribution >= 0.6 is 11.6 Å². The van der Waals surface area contributed by atoms with E-state index in [1.54, 1.807) is 56.5 Å². The van der Waals surface area contributed by atoms with E-state index in [2.05, 4.69) is 5.32 Å². The second kappa shape index (κ2) is 12.8. The maximum Gasteiger partial charge on any atom is 0.264 e. The molecule has 8 nitrogen and oxygen atoms in total. The Morgan fingerprint density at radius 1 is 1.03 bits per heavy atom. The Morgan fingerprint density at radius 3 is 2.24 bits per heavy atom. The Hall–Kier alpha value is -3.56. The summed E-state index contributed by atoms with van der Waals surface area (Å²) in [5.74, 6) is -0.197. The first-order chi connectivity index (χ1) is 18.1. The zero-order valence-corrected chi connectivity index (χ0v) is 23.4. The van der Waals surface area contributed by atoms with E-state index >= 15 is 0 Å². The van der Waals surface area contributed by atoms with Gasteiger partial charge in [0.1, 0.15) is 18.3 Å². The molecular formula is C28H32ClN3O5S. The molecule has 0 saturated carbocycles. The Bertz CT molecular complexity index is 1360. The molecule has 0 unspecified atom stereocenters. The van der Waals surface area contributed by atoms with E-state index in [1.165, 1.54) is 36.2 Å². The summed E-state index contributed by atoms with van der Waals surface area (Å²) in [4.78, 5) is 28.1. The molecule has 0 spiro atoms. The van der Waals surface area contributed by atoms with E-state index in [1.807, 2.05) is 13.0 Å². The Labute approximate surface area is 229 Å². The molecule has 38 heavy (non-hydrogen) atoms. The standard InChI is InChI=1S/C28H32ClN3O5S/c1-5-26(28(34)30-3)31(18-21-9-13-24(37-4)14-10-21)27(33)19-32(23-8-6-7-20(2)17-23)38(35,36)25-15-11-22(29)12-16-25/h6-17,26H,5,18-19H2,1-4H3,(H,30,34)/t26-/m0/s1. The maximum absolute atomic E-state index is 13.9. The van der Waals surface area contributed by atoms with Crippen LogP contribution in [0.2, 0.25) is 5.02 Å². The molecule has 3 aromatic rings. The molecule has 1 N–H and O–H groups in total. The number of benzene rings is 3. The van der Waals surface area contributed by atoms with Gasteiger partial charge in [0.15, 0.2) is 0 Å². The fourth-order valence-electron chi connectivity index (χ4n) is 4.06. The van der Waals surface area contributed by atoms with Crippen molar-refractivity contribution in [2.45, 2.75) is 37.8 Å². The lowest BCUT2D eigenvalue weighted by Gasteiger charge is -2.33. The number of likely N-dealkylation sites (N-methyl/N-ethyl adjacent to an activating group) is 1. The first kappa shape index (κ1) is 29.0. The van der Waals surface area contributed by atoms with Crippen molar-refractivity contribution in [2.75, 3.05) is 25.0 Å². The van der Waals surface area contributed by atoms with Crippen LogP contribution in [0.1, 0.15) is 24.5 Å². The molecule has 0 fully saturated rings. The predicted octanol–water partition coefficient (Wildman–Crippen LogP) is 4.41. The largest absolute Gasteiger partial charge is 0.497 e. The lowest BCUT2D eigenvalue weighted by atomic mass is 10.1. The number of anilines is 1. The van der Waals surface area contributed by atoms with Crippen molar-refractivity contribution in [1.29, 1.82) is 0 Å². The van der Waals surface area contributed by atoms with Gasteiger partial charge in [-0.15, -0.1) is 0 Å². The molecule has 202 valence electrons. The average molecular weight is 558 g/mol. The number of ether oxygens (including phenoxy) is 1. The van der Waals surface area contributed by atoms with E-state index in [9.17, 15) is 18.0 Å². The molecule has 0 heterocycles. The number of methoxy groups -OCH3 is 1. The molecule has 0 aliphatic heterocycles. The number of nitrogens with one attached hydrogen (secondary N) is 1. The lowest BCUT2D eigenvalue weighted by molar-refractivity contribution is -0.140. The summed E-state index contributed by atoms with van der Waals surface area (Å²) >= 11 is 5.98. The van der Waals surface area contributed by atoms with Crippen molar-refractivity contribution in [3.05, 3.63) is 88.9 Å². The third kappa shape index (κ3) is 6.85. The molecule has 0 aromatic heterocycles. The molecule has 0 saturated heterocycles. The van der Waals surface area contributed by atoms with Gasteiger partial charge < -0.3 is 15.0 Å². The van der Waals surface area contributed by atoms with Gasteiger partial charge in [0.25, 0.3) is 10.0 Å². The Morgan fingerprint density at radius 2 is 1.68 bits per heavy atom. The van der Waals surface area contributed by atoms with Crippen molar-refractivity contribution in [3.63, 3.8) is 0 Å². The van der Waals surface area contributed by atoms with E-state index in [-0.39, 0.29) is 17.3 Å². The number of amides is 2. The van der Waals surface area contributed by atoms with E-state index in [0.29, 0.717) is 22.9 Å². The van der Waals surface area contributed by atoms with E-state index < -0.39 is 28.5 Å². The van der Waals surface area contributed by atoms with Crippen LogP contribution in [0.5, 0.6) is 5.75 Å². The van der Waals surface area contributed by atoms with Gasteiger partial charge in [0.05, 0.1) is 17.7 Å². The highest BCUT2D eigenvalue weighted by molar-refractivity contribution is 7.92. The number of nitrogens with zero attached hydrogens (tertiary/aromatic N) is 2. The number of sulfonamides is 1. The highest BCUT2D eigenvalue weighted by Crippen LogP contribution is 2.26. The van der Waals surface area contributed by atoms with Crippen LogP contribution in [-0.4, -0.2) is 51.9 Å². The predicted molar refractivity (Wildman–Crippen MR) is 149 cm³/mol. The van der Waals surface area contributed by atoms with Gasteiger partial charge >= 0.3 is 0 Å². The van der Waals surface area contributed by atoms with Crippen LogP contribution in [0, 0.1) is 6.92 Å². The molecular weight excluding hydrogens is 526 g/mol. The maximum atomic E-state index is 13.9. The molecule has 3 aromatic carbocycles. The monoisotopic (exact) mass is 557 g/mol. The fourth-order valence-corrected chi connectivity index (χ4v) is 5.59. The summed E-state index contributed by atoms with van der Waals surface area (Å²) in [5, 5.41) is 3.00. The van der Waals surface area contributed by atoms with Gasteiger partial charge in [-0.2, -0.15) is 0 Å². The summed E-state index contributed by atoms with van der Waals surface area (Å²) < 4.78 is 33.9. The van der Waals surface area contributed by atoms with Crippen LogP contribution in [0.25, 0.3) is 0 Å². The Kier molecular flexibility index (Phi) is 9.77. The van der Waals surface area contributed by atoms with Crippen molar-refractivity contribution < 1.29 is 22.7 Å². The van der Waals surface area contributed by atoms with Crippen molar-refractivity contribution in [1.82, 2.24) is 10.2 Å². The van der Waals surface area contributed by atoms with Gasteiger partial charge in [-0.25, -0.2) is 8.42 Å². The molecule has 1 atom stereocenters. The number of hydrogen-bond donors (Lipinski definition) is 1. The van der Waals surface area contributed by atoms with Gasteiger partial charge in [-0.3, -0.25) is 13.9 Å². The van der Waals surface area contributed by atoms with Crippen LogP contribution < -0.4 is 14.4 Å². The van der Waals surface area contributed by atoms with Gasteiger partial charge in [-0.05, 0) is 73.0 Å². The summed E-state index contributed by atoms with van der Waals surface area (Å²) in [5.41, 5.74) is 1.94. The number of halogens is 1. The third-order valence-electron chi connectivity index (χ3n) is 6.11. The van der Waals surface area contributed by atoms with Gasteiger partial charge in [0, 0.05) is 18.6 Å². The van der Waals surface area contributed by atoms with Crippen LogP contribution in [0.4, 0.5) is 5.69 Å². The van der Waals surface area contributed by atoms with Crippen LogP contribution in [-0.2, 0) is 26.2 Å². The number of carbonyl (C=O) groups excluding carboxylic acids is 2. The second-order valence-corrected chi connectivity index (χ2v) is 11.0. The Balaban J connectivity index is 2.04. The molecule has 0 radical (unpaired) electrons. The summed E-state index contributed by atoms with van der Waals surface area (Å²) in [6, 6.07) is 19.0. The molecule has 10 heteroatoms. The van der Waals surface area contributed by atoms with Crippen molar-refractivity contribution >= 4 is 39.1 Å². The smallest absolute Gasteiger partial charge is 0.264 e. The van der Waals surface area contributed by atoms with Crippen molar-refractivity contribution in [2.24, 2.45) is 0 Å². The first-order valence-corrected chi connectivity index (χ1v) is 13.9. The summed E-state index contributed by atoms with van der Waals surface area (Å²) in [6.07, 6.45) is 0.343. The van der Waals surface area contributed by atoms with Crippen LogP contribution in [0.15, 0.2) is 77.7 Å². The molecule has 2 amide bonds. The number of hydrogen-bond acceptors (Lipinski definition) is 5. The first-order valence-electron chi connectivity index (χ1n) is 12.1. The summed E-state index contributed by atoms with van der Waals surface area (Å²) in [7, 11) is -1.08. The normalized spacial score (nSPS) is 11.9. The molecule has 0 aliphatic carbocycles. The lowest BCUT2D eigenvalue weighted by Crippen LogP contribution is -2.51. The molecule has 3 rings (SSSR count). The SMILES string of the molecule is CC[C@@H](C(=O)NC)N(Cc1ccc(OC)cc1)C(=O)CN(c1cccc(C)c1)S(=O)(=O)c1ccc(Cl)cc1. The highest BCUT2D eigenvalue weighted by Gasteiger charge is 2.33. The second-order valence-electron chi connectivity index (χ2n) is 8.71. The highest BCUT2D eigenvalue weighted by atomic mass is 35.5. The minimum absolute atomic E-state index is 0.00347. The summed E-state index contributed by atoms with van der Waals surface area (Å²) in [6.45, 7) is 3.25. The number of carbonyl (C=O) groups is 2. The van der Waals surface area contributed by atoms with Crippen LogP contribution in [0.3, 0.4) is 0 Å². The zero-order valence-electron chi connectivity index (χ0n) is 21.8. The van der Waals surface area contributed by atoms with E-state index in [0.717, 1.165) is 15.4 Å². The minimum atomic E-state index is -4.15. The topological polar surface area (TPSA) is 96.0 Å². The molecule has 0 aliphatic rings. The third-order valence-corrected chi connectivity index (χ3v) is 8.15. The number of aryl methyl sites for hydroxylation is 1. The number of rotatable bonds is 11. The quantitative estimate of drug-likeness (QED) is 0.377. The molecule has 0 bridgehead atoms. The van der Waals surface area contributed by atoms with Gasteiger partial charge in [-0.1, -0.05) is 42.8 Å². The average Bonchev–Trinajstić information content (AvgIpc) is 2.91.